The molecule has 21 heavy (non-hydrogen) atoms. The average Bonchev–Trinajstić information content (AvgIpc) is 2.92. The van der Waals surface area contributed by atoms with E-state index in [1.54, 1.807) is 24.3 Å². The van der Waals surface area contributed by atoms with Gasteiger partial charge in [-0.05, 0) is 23.5 Å². The van der Waals surface area contributed by atoms with Gasteiger partial charge in [-0.25, -0.2) is 9.82 Å². The molecule has 0 aliphatic heterocycles. The Balaban J connectivity index is 1.97. The summed E-state index contributed by atoms with van der Waals surface area (Å²) in [7, 11) is 0. The second-order valence-corrected chi connectivity index (χ2v) is 6.54. The normalized spacial score (nSPS) is 22.9. The lowest BCUT2D eigenvalue weighted by atomic mass is 10.1. The van der Waals surface area contributed by atoms with E-state index in [2.05, 4.69) is 10.5 Å². The second-order valence-electron chi connectivity index (χ2n) is 5.54. The van der Waals surface area contributed by atoms with Crippen LogP contribution in [-0.4, -0.2) is 12.1 Å². The predicted molar refractivity (Wildman–Crippen MR) is 82.7 cm³/mol. The third kappa shape index (κ3) is 3.63. The molecule has 2 atom stereocenters. The number of allylic oxidation sites excluding steroid dienone is 1. The van der Waals surface area contributed by atoms with Gasteiger partial charge in [0.1, 0.15) is 10.3 Å². The predicted octanol–water partition coefficient (Wildman–Crippen LogP) is 3.87. The Morgan fingerprint density at radius 2 is 2.05 bits per heavy atom. The lowest BCUT2D eigenvalue weighted by Gasteiger charge is -2.01. The number of hydrazone groups is 1. The zero-order valence-electron chi connectivity index (χ0n) is 11.6. The third-order valence-electron chi connectivity index (χ3n) is 3.78. The Bertz CT molecular complexity index is 609. The molecule has 2 rings (SSSR count). The number of hydrogen-bond donors (Lipinski definition) is 1. The Kier molecular flexibility index (Phi) is 4.69. The Labute approximate surface area is 132 Å². The summed E-state index contributed by atoms with van der Waals surface area (Å²) in [5.74, 6) is -0.894. The van der Waals surface area contributed by atoms with Crippen LogP contribution in [0.15, 0.2) is 39.9 Å². The van der Waals surface area contributed by atoms with Gasteiger partial charge in [-0.2, -0.15) is 5.10 Å². The number of carbonyl (C=O) groups excluding carboxylic acids is 1. The van der Waals surface area contributed by atoms with Crippen molar-refractivity contribution in [1.29, 1.82) is 0 Å². The molecule has 0 saturated heterocycles. The van der Waals surface area contributed by atoms with Gasteiger partial charge in [-0.1, -0.05) is 55.2 Å². The third-order valence-corrected chi connectivity index (χ3v) is 4.03. The number of hydrogen-bond acceptors (Lipinski definition) is 2. The second kappa shape index (κ2) is 6.16. The first kappa shape index (κ1) is 16.0. The molecule has 1 aromatic rings. The van der Waals surface area contributed by atoms with Gasteiger partial charge in [0.15, 0.2) is 0 Å². The fourth-order valence-corrected chi connectivity index (χ4v) is 2.71. The van der Waals surface area contributed by atoms with Crippen molar-refractivity contribution in [3.63, 3.8) is 0 Å². The summed E-state index contributed by atoms with van der Waals surface area (Å²) in [6, 6.07) is 6.19. The lowest BCUT2D eigenvalue weighted by molar-refractivity contribution is -0.123. The molecule has 1 aliphatic carbocycles. The number of halogens is 3. The van der Waals surface area contributed by atoms with Gasteiger partial charge in [0.2, 0.25) is 5.91 Å². The van der Waals surface area contributed by atoms with Crippen LogP contribution < -0.4 is 5.43 Å². The van der Waals surface area contributed by atoms with Crippen LogP contribution in [-0.2, 0) is 4.79 Å². The minimum Gasteiger partial charge on any atom is -0.273 e. The number of amides is 1. The molecule has 3 nitrogen and oxygen atoms in total. The molecule has 112 valence electrons. The van der Waals surface area contributed by atoms with Crippen LogP contribution in [0.25, 0.3) is 0 Å². The zero-order valence-corrected chi connectivity index (χ0v) is 13.1. The minimum absolute atomic E-state index is 0.0221. The summed E-state index contributed by atoms with van der Waals surface area (Å²) in [6.07, 6.45) is 2.94. The van der Waals surface area contributed by atoms with Crippen molar-refractivity contribution in [2.24, 2.45) is 22.4 Å². The highest BCUT2D eigenvalue weighted by Crippen LogP contribution is 2.59. The maximum Gasteiger partial charge on any atom is 0.244 e. The minimum atomic E-state index is -0.392. The number of rotatable bonds is 4. The van der Waals surface area contributed by atoms with Gasteiger partial charge in [-0.15, -0.1) is 0 Å². The Morgan fingerprint density at radius 1 is 1.38 bits per heavy atom. The van der Waals surface area contributed by atoms with Gasteiger partial charge in [0.25, 0.3) is 0 Å². The standard InChI is InChI=1S/C15H15Cl2FN2O/c1-15(2)10(7-12(16)17)13(15)14(21)20-19-8-9-5-3-4-6-11(9)18/h3-8,10,13H,1-2H3,(H,20,21)/t10-,13+/m0/s1. The zero-order chi connectivity index (χ0) is 15.6. The summed E-state index contributed by atoms with van der Waals surface area (Å²) < 4.78 is 13.5. The van der Waals surface area contributed by atoms with Crippen molar-refractivity contribution < 1.29 is 9.18 Å². The van der Waals surface area contributed by atoms with Crippen molar-refractivity contribution in [1.82, 2.24) is 5.43 Å². The van der Waals surface area contributed by atoms with E-state index >= 15 is 0 Å². The molecular weight excluding hydrogens is 314 g/mol. The van der Waals surface area contributed by atoms with Crippen LogP contribution in [0.3, 0.4) is 0 Å². The van der Waals surface area contributed by atoms with Crippen molar-refractivity contribution in [2.45, 2.75) is 13.8 Å². The molecule has 1 amide bonds. The monoisotopic (exact) mass is 328 g/mol. The largest absolute Gasteiger partial charge is 0.273 e. The first-order valence-corrected chi connectivity index (χ1v) is 7.20. The Morgan fingerprint density at radius 3 is 2.67 bits per heavy atom. The van der Waals surface area contributed by atoms with Crippen LogP contribution >= 0.6 is 23.2 Å². The van der Waals surface area contributed by atoms with E-state index < -0.39 is 5.82 Å². The summed E-state index contributed by atoms with van der Waals surface area (Å²) >= 11 is 11.3. The van der Waals surface area contributed by atoms with Crippen molar-refractivity contribution in [3.05, 3.63) is 46.2 Å². The highest BCUT2D eigenvalue weighted by Gasteiger charge is 2.60. The van der Waals surface area contributed by atoms with E-state index in [1.807, 2.05) is 13.8 Å². The van der Waals surface area contributed by atoms with Crippen LogP contribution in [0.5, 0.6) is 0 Å². The maximum absolute atomic E-state index is 13.4. The molecule has 0 heterocycles. The van der Waals surface area contributed by atoms with E-state index in [1.165, 1.54) is 12.3 Å². The molecule has 0 radical (unpaired) electrons. The van der Waals surface area contributed by atoms with Crippen LogP contribution in [0.4, 0.5) is 4.39 Å². The number of benzene rings is 1. The quantitative estimate of drug-likeness (QED) is 0.661. The van der Waals surface area contributed by atoms with Crippen molar-refractivity contribution in [3.8, 4) is 0 Å². The van der Waals surface area contributed by atoms with Crippen molar-refractivity contribution >= 4 is 35.3 Å². The molecule has 0 bridgehead atoms. The van der Waals surface area contributed by atoms with E-state index in [0.717, 1.165) is 0 Å². The van der Waals surface area contributed by atoms with E-state index in [9.17, 15) is 9.18 Å². The number of carbonyl (C=O) groups is 1. The van der Waals surface area contributed by atoms with Gasteiger partial charge in [0.05, 0.1) is 12.1 Å². The fourth-order valence-electron chi connectivity index (χ4n) is 2.44. The SMILES string of the molecule is CC1(C)[C@@H](C=C(Cl)Cl)[C@@H]1C(=O)NN=Cc1ccccc1F. The topological polar surface area (TPSA) is 41.5 Å². The molecule has 6 heteroatoms. The van der Waals surface area contributed by atoms with Gasteiger partial charge in [-0.3, -0.25) is 4.79 Å². The highest BCUT2D eigenvalue weighted by molar-refractivity contribution is 6.55. The van der Waals surface area contributed by atoms with Crippen molar-refractivity contribution in [2.75, 3.05) is 0 Å². The fraction of sp³-hybridized carbons (Fsp3) is 0.333. The highest BCUT2D eigenvalue weighted by atomic mass is 35.5. The van der Waals surface area contributed by atoms with Gasteiger partial charge < -0.3 is 0 Å². The first-order valence-electron chi connectivity index (χ1n) is 6.44. The van der Waals surface area contributed by atoms with Gasteiger partial charge in [0, 0.05) is 5.56 Å². The molecule has 0 spiro atoms. The molecule has 1 fully saturated rings. The maximum atomic E-state index is 13.4. The molecule has 1 aromatic carbocycles. The van der Waals surface area contributed by atoms with Crippen LogP contribution in [0.2, 0.25) is 0 Å². The van der Waals surface area contributed by atoms with Gasteiger partial charge >= 0.3 is 0 Å². The van der Waals surface area contributed by atoms with E-state index in [4.69, 9.17) is 23.2 Å². The first-order chi connectivity index (χ1) is 9.84. The summed E-state index contributed by atoms with van der Waals surface area (Å²) in [5, 5.41) is 3.79. The molecule has 1 N–H and O–H groups in total. The average molecular weight is 329 g/mol. The summed E-state index contributed by atoms with van der Waals surface area (Å²) in [6.45, 7) is 3.91. The van der Waals surface area contributed by atoms with Crippen LogP contribution in [0.1, 0.15) is 19.4 Å². The summed E-state index contributed by atoms with van der Waals surface area (Å²) in [4.78, 5) is 12.1. The van der Waals surface area contributed by atoms with E-state index in [0.29, 0.717) is 5.56 Å². The summed E-state index contributed by atoms with van der Waals surface area (Å²) in [5.41, 5.74) is 2.52. The molecule has 1 saturated carbocycles. The molecule has 0 unspecified atom stereocenters. The van der Waals surface area contributed by atoms with Crippen LogP contribution in [0, 0.1) is 23.1 Å². The number of nitrogens with zero attached hydrogens (tertiary/aromatic N) is 1. The lowest BCUT2D eigenvalue weighted by Crippen LogP contribution is -2.22. The van der Waals surface area contributed by atoms with E-state index in [-0.39, 0.29) is 27.6 Å². The molecule has 1 aliphatic rings. The molecular formula is C15H15Cl2FN2O. The number of nitrogens with one attached hydrogen (secondary N) is 1. The Hall–Kier alpha value is -1.39. The smallest absolute Gasteiger partial charge is 0.244 e. The molecule has 0 aromatic heterocycles.